The third-order valence-electron chi connectivity index (χ3n) is 4.91. The molecule has 1 atom stereocenters. The van der Waals surface area contributed by atoms with Gasteiger partial charge >= 0.3 is 0 Å². The molecule has 0 saturated carbocycles. The number of nitrogens with zero attached hydrogens (tertiary/aromatic N) is 2. The van der Waals surface area contributed by atoms with Crippen molar-refractivity contribution in [3.05, 3.63) is 59.9 Å². The van der Waals surface area contributed by atoms with E-state index in [9.17, 15) is 17.6 Å². The maximum Gasteiger partial charge on any atom is 0.241 e. The van der Waals surface area contributed by atoms with Gasteiger partial charge in [0, 0.05) is 31.9 Å². The summed E-state index contributed by atoms with van der Waals surface area (Å²) in [6.07, 6.45) is 0. The van der Waals surface area contributed by atoms with Gasteiger partial charge < -0.3 is 9.80 Å². The van der Waals surface area contributed by atoms with E-state index in [4.69, 9.17) is 0 Å². The van der Waals surface area contributed by atoms with E-state index in [1.165, 1.54) is 24.6 Å². The number of piperazine rings is 1. The largest absolute Gasteiger partial charge is 0.368 e. The van der Waals surface area contributed by atoms with Crippen molar-refractivity contribution in [1.29, 1.82) is 0 Å². The van der Waals surface area contributed by atoms with Crippen molar-refractivity contribution >= 4 is 21.4 Å². The van der Waals surface area contributed by atoms with Crippen LogP contribution in [0, 0.1) is 12.7 Å². The van der Waals surface area contributed by atoms with E-state index in [2.05, 4.69) is 11.0 Å². The minimum absolute atomic E-state index is 0.0388. The predicted octanol–water partition coefficient (Wildman–Crippen LogP) is 2.65. The average molecular weight is 390 g/mol. The smallest absolute Gasteiger partial charge is 0.241 e. The molecular formula is C20H23FN2O3S. The molecule has 0 aromatic heterocycles. The highest BCUT2D eigenvalue weighted by atomic mass is 32.2. The second kappa shape index (κ2) is 7.68. The van der Waals surface area contributed by atoms with E-state index in [0.717, 1.165) is 17.8 Å². The van der Waals surface area contributed by atoms with Gasteiger partial charge in [-0.25, -0.2) is 12.8 Å². The Morgan fingerprint density at radius 3 is 2.26 bits per heavy atom. The van der Waals surface area contributed by atoms with Crippen LogP contribution in [0.1, 0.15) is 12.5 Å². The molecule has 144 valence electrons. The average Bonchev–Trinajstić information content (AvgIpc) is 2.67. The molecule has 1 aliphatic heterocycles. The van der Waals surface area contributed by atoms with Crippen molar-refractivity contribution in [2.24, 2.45) is 0 Å². The lowest BCUT2D eigenvalue weighted by atomic mass is 10.2. The third kappa shape index (κ3) is 4.13. The first-order valence-corrected chi connectivity index (χ1v) is 10.4. The van der Waals surface area contributed by atoms with Crippen molar-refractivity contribution in [2.45, 2.75) is 24.0 Å². The Morgan fingerprint density at radius 1 is 1.04 bits per heavy atom. The Kier molecular flexibility index (Phi) is 5.51. The normalized spacial score (nSPS) is 16.3. The van der Waals surface area contributed by atoms with Gasteiger partial charge in [0.1, 0.15) is 11.1 Å². The number of carbonyl (C=O) groups excluding carboxylic acids is 1. The van der Waals surface area contributed by atoms with Gasteiger partial charge in [-0.15, -0.1) is 0 Å². The summed E-state index contributed by atoms with van der Waals surface area (Å²) < 4.78 is 38.4. The van der Waals surface area contributed by atoms with Crippen LogP contribution >= 0.6 is 0 Å². The highest BCUT2D eigenvalue weighted by Crippen LogP contribution is 2.21. The fraction of sp³-hybridized carbons (Fsp3) is 0.350. The number of carbonyl (C=O) groups is 1. The van der Waals surface area contributed by atoms with Crippen LogP contribution in [0.2, 0.25) is 0 Å². The number of anilines is 1. The van der Waals surface area contributed by atoms with Crippen LogP contribution in [0.25, 0.3) is 0 Å². The van der Waals surface area contributed by atoms with Crippen molar-refractivity contribution in [2.75, 3.05) is 31.1 Å². The SMILES string of the molecule is Cc1cccc(N2CCN(C(=O)C(C)S(=O)(=O)c3ccc(F)cc3)CC2)c1. The number of sulfone groups is 1. The summed E-state index contributed by atoms with van der Waals surface area (Å²) in [5.74, 6) is -0.927. The van der Waals surface area contributed by atoms with Gasteiger partial charge in [0.2, 0.25) is 5.91 Å². The van der Waals surface area contributed by atoms with E-state index >= 15 is 0 Å². The Hall–Kier alpha value is -2.41. The summed E-state index contributed by atoms with van der Waals surface area (Å²) >= 11 is 0. The van der Waals surface area contributed by atoms with Crippen molar-refractivity contribution in [1.82, 2.24) is 4.90 Å². The lowest BCUT2D eigenvalue weighted by Crippen LogP contribution is -2.52. The molecule has 1 aliphatic rings. The van der Waals surface area contributed by atoms with E-state index in [1.807, 2.05) is 25.1 Å². The number of hydrogen-bond donors (Lipinski definition) is 0. The Balaban J connectivity index is 1.67. The first-order valence-electron chi connectivity index (χ1n) is 8.89. The molecule has 1 saturated heterocycles. The van der Waals surface area contributed by atoms with Crippen LogP contribution in [-0.4, -0.2) is 50.7 Å². The topological polar surface area (TPSA) is 57.7 Å². The number of amides is 1. The highest BCUT2D eigenvalue weighted by Gasteiger charge is 2.34. The molecule has 1 fully saturated rings. The Labute approximate surface area is 159 Å². The van der Waals surface area contributed by atoms with Gasteiger partial charge in [-0.1, -0.05) is 12.1 Å². The second-order valence-electron chi connectivity index (χ2n) is 6.79. The molecule has 0 spiro atoms. The van der Waals surface area contributed by atoms with Crippen LogP contribution in [0.4, 0.5) is 10.1 Å². The van der Waals surface area contributed by atoms with Crippen molar-refractivity contribution < 1.29 is 17.6 Å². The van der Waals surface area contributed by atoms with Crippen LogP contribution in [0.3, 0.4) is 0 Å². The highest BCUT2D eigenvalue weighted by molar-refractivity contribution is 7.92. The lowest BCUT2D eigenvalue weighted by molar-refractivity contribution is -0.130. The number of rotatable bonds is 4. The van der Waals surface area contributed by atoms with Crippen LogP contribution < -0.4 is 4.90 Å². The molecule has 5 nitrogen and oxygen atoms in total. The zero-order chi connectivity index (χ0) is 19.6. The van der Waals surface area contributed by atoms with Crippen LogP contribution in [0.15, 0.2) is 53.4 Å². The quantitative estimate of drug-likeness (QED) is 0.753. The molecule has 0 bridgehead atoms. The van der Waals surface area contributed by atoms with E-state index < -0.39 is 26.8 Å². The minimum atomic E-state index is -3.85. The fourth-order valence-corrected chi connectivity index (χ4v) is 4.57. The summed E-state index contributed by atoms with van der Waals surface area (Å²) in [6, 6.07) is 12.7. The zero-order valence-corrected chi connectivity index (χ0v) is 16.2. The molecule has 7 heteroatoms. The Bertz CT molecular complexity index is 920. The summed E-state index contributed by atoms with van der Waals surface area (Å²) in [6.45, 7) is 5.67. The molecule has 1 heterocycles. The standard InChI is InChI=1S/C20H23FN2O3S/c1-15-4-3-5-18(14-15)22-10-12-23(13-11-22)20(24)16(2)27(25,26)19-8-6-17(21)7-9-19/h3-9,14,16H,10-13H2,1-2H3. The van der Waals surface area contributed by atoms with Gasteiger partial charge in [-0.3, -0.25) is 4.79 Å². The summed E-state index contributed by atoms with van der Waals surface area (Å²) in [5.41, 5.74) is 2.28. The van der Waals surface area contributed by atoms with Crippen LogP contribution in [0.5, 0.6) is 0 Å². The fourth-order valence-electron chi connectivity index (χ4n) is 3.23. The first-order chi connectivity index (χ1) is 12.8. The number of halogens is 1. The van der Waals surface area contributed by atoms with Crippen molar-refractivity contribution in [3.8, 4) is 0 Å². The molecule has 1 unspecified atom stereocenters. The molecule has 1 amide bonds. The third-order valence-corrected chi connectivity index (χ3v) is 6.98. The number of aryl methyl sites for hydroxylation is 1. The molecule has 0 radical (unpaired) electrons. The molecule has 0 N–H and O–H groups in total. The second-order valence-corrected chi connectivity index (χ2v) is 9.06. The van der Waals surface area contributed by atoms with Gasteiger partial charge in [-0.2, -0.15) is 0 Å². The van der Waals surface area contributed by atoms with E-state index in [-0.39, 0.29) is 4.90 Å². The maximum absolute atomic E-state index is 13.1. The summed E-state index contributed by atoms with van der Waals surface area (Å²) in [7, 11) is -3.85. The molecule has 2 aromatic rings. The number of hydrogen-bond acceptors (Lipinski definition) is 4. The monoisotopic (exact) mass is 390 g/mol. The molecule has 27 heavy (non-hydrogen) atoms. The first kappa shape index (κ1) is 19.4. The van der Waals surface area contributed by atoms with Gasteiger partial charge in [0.25, 0.3) is 0 Å². The van der Waals surface area contributed by atoms with Gasteiger partial charge in [0.05, 0.1) is 4.90 Å². The lowest BCUT2D eigenvalue weighted by Gasteiger charge is -2.37. The zero-order valence-electron chi connectivity index (χ0n) is 15.4. The van der Waals surface area contributed by atoms with Crippen LogP contribution in [-0.2, 0) is 14.6 Å². The van der Waals surface area contributed by atoms with Crippen molar-refractivity contribution in [3.63, 3.8) is 0 Å². The summed E-state index contributed by atoms with van der Waals surface area (Å²) in [5, 5.41) is -1.20. The molecule has 2 aromatic carbocycles. The van der Waals surface area contributed by atoms with E-state index in [1.54, 1.807) is 4.90 Å². The maximum atomic E-state index is 13.1. The van der Waals surface area contributed by atoms with Gasteiger partial charge in [-0.05, 0) is 55.8 Å². The Morgan fingerprint density at radius 2 is 1.67 bits per heavy atom. The molecule has 0 aliphatic carbocycles. The molecular weight excluding hydrogens is 367 g/mol. The predicted molar refractivity (Wildman–Crippen MR) is 103 cm³/mol. The number of benzene rings is 2. The minimum Gasteiger partial charge on any atom is -0.368 e. The van der Waals surface area contributed by atoms with E-state index in [0.29, 0.717) is 26.2 Å². The van der Waals surface area contributed by atoms with Gasteiger partial charge in [0.15, 0.2) is 9.84 Å². The summed E-state index contributed by atoms with van der Waals surface area (Å²) in [4.78, 5) is 16.5. The molecule has 3 rings (SSSR count).